The van der Waals surface area contributed by atoms with E-state index in [2.05, 4.69) is 0 Å². The van der Waals surface area contributed by atoms with Crippen LogP contribution in [0.2, 0.25) is 0 Å². The lowest BCUT2D eigenvalue weighted by Gasteiger charge is -1.97. The van der Waals surface area contributed by atoms with E-state index in [4.69, 9.17) is 11.5 Å². The average molecular weight is 156 g/mol. The molecule has 0 saturated carbocycles. The van der Waals surface area contributed by atoms with Crippen LogP contribution in [-0.4, -0.2) is 0 Å². The Balaban J connectivity index is 0. The molecule has 0 radical (unpaired) electrons. The van der Waals surface area contributed by atoms with Crippen molar-refractivity contribution >= 4 is 0 Å². The van der Waals surface area contributed by atoms with Gasteiger partial charge in [0.1, 0.15) is 0 Å². The lowest BCUT2D eigenvalue weighted by atomic mass is 10.3. The number of hydrogen-bond donors (Lipinski definition) is 2. The maximum Gasteiger partial charge on any atom is 0.0503 e. The van der Waals surface area contributed by atoms with Crippen LogP contribution in [0.4, 0.5) is 0 Å². The maximum atomic E-state index is 5.51. The monoisotopic (exact) mass is 156 g/mol. The molecule has 0 heterocycles. The van der Waals surface area contributed by atoms with Crippen molar-refractivity contribution in [2.75, 3.05) is 0 Å². The lowest BCUT2D eigenvalue weighted by Crippen LogP contribution is -2.08. The molecule has 2 heteroatoms. The average Bonchev–Trinajstić information content (AvgIpc) is 2.07. The minimum atomic E-state index is 0.664. The van der Waals surface area contributed by atoms with Gasteiger partial charge < -0.3 is 11.5 Å². The summed E-state index contributed by atoms with van der Waals surface area (Å²) >= 11 is 0. The van der Waals surface area contributed by atoms with E-state index in [0.29, 0.717) is 11.4 Å². The van der Waals surface area contributed by atoms with Crippen LogP contribution in [0.15, 0.2) is 23.5 Å². The van der Waals surface area contributed by atoms with Crippen LogP contribution < -0.4 is 11.5 Å². The van der Waals surface area contributed by atoms with Crippen LogP contribution in [0.1, 0.15) is 34.1 Å². The van der Waals surface area contributed by atoms with Crippen molar-refractivity contribution < 1.29 is 0 Å². The van der Waals surface area contributed by atoms with Gasteiger partial charge in [-0.2, -0.15) is 0 Å². The minimum absolute atomic E-state index is 0.664. The van der Waals surface area contributed by atoms with Gasteiger partial charge in [-0.15, -0.1) is 0 Å². The van der Waals surface area contributed by atoms with Crippen molar-refractivity contribution in [1.29, 1.82) is 0 Å². The number of nitrogens with two attached hydrogens (primary N) is 2. The molecule has 0 aliphatic rings. The molecule has 4 N–H and O–H groups in total. The molecular weight excluding hydrogens is 136 g/mol. The standard InChI is InChI=1S/C7H14N2.C2H6/c1-3-5-7(9)6(8)4-2;1-2/h4-5H,3,8-9H2,1-2H3;1-2H3/b6-4+,7-5+;. The first-order valence-electron chi connectivity index (χ1n) is 4.10. The number of allylic oxidation sites excluding steroid dienone is 2. The Morgan fingerprint density at radius 2 is 1.64 bits per heavy atom. The van der Waals surface area contributed by atoms with Crippen LogP contribution in [0.3, 0.4) is 0 Å². The van der Waals surface area contributed by atoms with Crippen LogP contribution in [0.25, 0.3) is 0 Å². The summed E-state index contributed by atoms with van der Waals surface area (Å²) in [6, 6.07) is 0. The van der Waals surface area contributed by atoms with Gasteiger partial charge >= 0.3 is 0 Å². The van der Waals surface area contributed by atoms with E-state index in [-0.39, 0.29) is 0 Å². The van der Waals surface area contributed by atoms with Crippen LogP contribution in [0, 0.1) is 0 Å². The molecule has 0 aliphatic heterocycles. The fourth-order valence-corrected chi connectivity index (χ4v) is 0.504. The van der Waals surface area contributed by atoms with Gasteiger partial charge in [-0.1, -0.05) is 32.9 Å². The molecule has 0 amide bonds. The minimum Gasteiger partial charge on any atom is -0.397 e. The Morgan fingerprint density at radius 3 is 1.91 bits per heavy atom. The first-order chi connectivity index (χ1) is 5.22. The zero-order valence-electron chi connectivity index (χ0n) is 8.02. The first kappa shape index (κ1) is 12.7. The predicted octanol–water partition coefficient (Wildman–Crippen LogP) is 2.13. The third-order valence-electron chi connectivity index (χ3n) is 1.07. The molecule has 0 aromatic heterocycles. The smallest absolute Gasteiger partial charge is 0.0503 e. The van der Waals surface area contributed by atoms with Gasteiger partial charge in [0, 0.05) is 0 Å². The normalized spacial score (nSPS) is 12.0. The summed E-state index contributed by atoms with van der Waals surface area (Å²) in [6.07, 6.45) is 4.62. The molecule has 0 spiro atoms. The zero-order chi connectivity index (χ0) is 9.28. The van der Waals surface area contributed by atoms with Gasteiger partial charge in [-0.25, -0.2) is 0 Å². The molecule has 0 fully saturated rings. The summed E-state index contributed by atoms with van der Waals surface area (Å²) in [4.78, 5) is 0. The molecule has 0 atom stereocenters. The van der Waals surface area contributed by atoms with Crippen molar-refractivity contribution in [3.63, 3.8) is 0 Å². The van der Waals surface area contributed by atoms with E-state index in [0.717, 1.165) is 6.42 Å². The second kappa shape index (κ2) is 9.08. The molecule has 0 bridgehead atoms. The molecule has 0 aliphatic carbocycles. The van der Waals surface area contributed by atoms with E-state index in [1.807, 2.05) is 33.8 Å². The van der Waals surface area contributed by atoms with Gasteiger partial charge in [0.15, 0.2) is 0 Å². The Bertz CT molecular complexity index is 134. The zero-order valence-corrected chi connectivity index (χ0v) is 8.02. The van der Waals surface area contributed by atoms with Gasteiger partial charge in [-0.3, -0.25) is 0 Å². The molecule has 0 aromatic carbocycles. The molecule has 66 valence electrons. The Labute approximate surface area is 70.0 Å². The number of hydrogen-bond acceptors (Lipinski definition) is 2. The predicted molar refractivity (Wildman–Crippen MR) is 51.9 cm³/mol. The molecule has 0 rings (SSSR count). The van der Waals surface area contributed by atoms with Gasteiger partial charge in [-0.05, 0) is 13.3 Å². The van der Waals surface area contributed by atoms with E-state index in [9.17, 15) is 0 Å². The maximum absolute atomic E-state index is 5.51. The highest BCUT2D eigenvalue weighted by Crippen LogP contribution is 1.95. The SMILES string of the molecule is C/C=C(N)\C(N)=C/CC.CC. The highest BCUT2D eigenvalue weighted by Gasteiger charge is 1.88. The van der Waals surface area contributed by atoms with Gasteiger partial charge in [0.05, 0.1) is 11.4 Å². The van der Waals surface area contributed by atoms with Crippen molar-refractivity contribution in [1.82, 2.24) is 0 Å². The summed E-state index contributed by atoms with van der Waals surface area (Å²) in [5.41, 5.74) is 12.3. The fourth-order valence-electron chi connectivity index (χ4n) is 0.504. The van der Waals surface area contributed by atoms with Crippen LogP contribution in [-0.2, 0) is 0 Å². The highest BCUT2D eigenvalue weighted by molar-refractivity contribution is 5.23. The topological polar surface area (TPSA) is 52.0 Å². The molecule has 0 unspecified atom stereocenters. The van der Waals surface area contributed by atoms with Gasteiger partial charge in [0.25, 0.3) is 0 Å². The Morgan fingerprint density at radius 1 is 1.18 bits per heavy atom. The van der Waals surface area contributed by atoms with Crippen molar-refractivity contribution in [2.45, 2.75) is 34.1 Å². The molecule has 0 aromatic rings. The molecular formula is C9H20N2. The summed E-state index contributed by atoms with van der Waals surface area (Å²) in [6.45, 7) is 7.89. The van der Waals surface area contributed by atoms with E-state index >= 15 is 0 Å². The Kier molecular flexibility index (Phi) is 10.5. The van der Waals surface area contributed by atoms with Crippen molar-refractivity contribution in [3.8, 4) is 0 Å². The van der Waals surface area contributed by atoms with Crippen molar-refractivity contribution in [3.05, 3.63) is 23.5 Å². The molecule has 11 heavy (non-hydrogen) atoms. The second-order valence-corrected chi connectivity index (χ2v) is 1.81. The van der Waals surface area contributed by atoms with Gasteiger partial charge in [0.2, 0.25) is 0 Å². The highest BCUT2D eigenvalue weighted by atomic mass is 14.7. The van der Waals surface area contributed by atoms with Crippen LogP contribution >= 0.6 is 0 Å². The van der Waals surface area contributed by atoms with E-state index in [1.54, 1.807) is 6.08 Å². The van der Waals surface area contributed by atoms with E-state index in [1.165, 1.54) is 0 Å². The quantitative estimate of drug-likeness (QED) is 0.602. The van der Waals surface area contributed by atoms with E-state index < -0.39 is 0 Å². The first-order valence-corrected chi connectivity index (χ1v) is 4.10. The van der Waals surface area contributed by atoms with Crippen LogP contribution in [0.5, 0.6) is 0 Å². The fraction of sp³-hybridized carbons (Fsp3) is 0.556. The largest absolute Gasteiger partial charge is 0.397 e. The summed E-state index contributed by atoms with van der Waals surface area (Å²) < 4.78 is 0. The summed E-state index contributed by atoms with van der Waals surface area (Å²) in [7, 11) is 0. The molecule has 0 saturated heterocycles. The summed E-state index contributed by atoms with van der Waals surface area (Å²) in [5, 5.41) is 0. The number of rotatable bonds is 2. The lowest BCUT2D eigenvalue weighted by molar-refractivity contribution is 1.14. The Hall–Kier alpha value is -0.920. The summed E-state index contributed by atoms with van der Waals surface area (Å²) in [5.74, 6) is 0. The third-order valence-corrected chi connectivity index (χ3v) is 1.07. The molecule has 2 nitrogen and oxygen atoms in total. The third kappa shape index (κ3) is 6.97. The second-order valence-electron chi connectivity index (χ2n) is 1.81. The van der Waals surface area contributed by atoms with Crippen molar-refractivity contribution in [2.24, 2.45) is 11.5 Å².